The maximum atomic E-state index is 4.15. The molecule has 0 saturated heterocycles. The van der Waals surface area contributed by atoms with Crippen LogP contribution in [0.1, 0.15) is 31.7 Å². The number of hydrogen-bond donors (Lipinski definition) is 2. The maximum Gasteiger partial charge on any atom is 0.0695 e. The third-order valence-corrected chi connectivity index (χ3v) is 3.05. The molecule has 18 heavy (non-hydrogen) atoms. The molecule has 0 radical (unpaired) electrons. The van der Waals surface area contributed by atoms with E-state index in [0.29, 0.717) is 0 Å². The second-order valence-electron chi connectivity index (χ2n) is 4.52. The molecule has 96 valence electrons. The van der Waals surface area contributed by atoms with Crippen LogP contribution in [0.2, 0.25) is 0 Å². The van der Waals surface area contributed by atoms with Gasteiger partial charge in [0.1, 0.15) is 0 Å². The predicted octanol–water partition coefficient (Wildman–Crippen LogP) is 3.36. The number of hydrogen-bond acceptors (Lipinski definition) is 2. The molecular weight excluding hydrogens is 222 g/mol. The fourth-order valence-corrected chi connectivity index (χ4v) is 2.02. The van der Waals surface area contributed by atoms with Gasteiger partial charge in [0.25, 0.3) is 0 Å². The average molecular weight is 243 g/mol. The summed E-state index contributed by atoms with van der Waals surface area (Å²) in [4.78, 5) is 0. The smallest absolute Gasteiger partial charge is 0.0695 e. The molecule has 0 bridgehead atoms. The standard InChI is InChI=1S/C15H21N3/c1-2-3-7-10-16-11-14-12-17-18-15(14)13-8-5-4-6-9-13/h4-6,8-9,12,16H,2-3,7,10-11H2,1H3,(H,17,18). The van der Waals surface area contributed by atoms with Gasteiger partial charge in [-0.05, 0) is 18.5 Å². The molecule has 3 heteroatoms. The number of nitrogens with one attached hydrogen (secondary N) is 2. The van der Waals surface area contributed by atoms with Gasteiger partial charge in [-0.1, -0.05) is 50.1 Å². The molecule has 0 unspecified atom stereocenters. The van der Waals surface area contributed by atoms with E-state index in [1.165, 1.54) is 30.4 Å². The Labute approximate surface area is 109 Å². The number of aromatic nitrogens is 2. The molecule has 2 rings (SSSR count). The van der Waals surface area contributed by atoms with Crippen molar-refractivity contribution in [3.63, 3.8) is 0 Å². The Morgan fingerprint density at radius 2 is 2.00 bits per heavy atom. The van der Waals surface area contributed by atoms with Crippen LogP contribution in [0.3, 0.4) is 0 Å². The van der Waals surface area contributed by atoms with Crippen LogP contribution in [0.25, 0.3) is 11.3 Å². The van der Waals surface area contributed by atoms with E-state index in [-0.39, 0.29) is 0 Å². The third-order valence-electron chi connectivity index (χ3n) is 3.05. The van der Waals surface area contributed by atoms with Crippen molar-refractivity contribution in [2.45, 2.75) is 32.7 Å². The Bertz CT molecular complexity index is 448. The summed E-state index contributed by atoms with van der Waals surface area (Å²) < 4.78 is 0. The van der Waals surface area contributed by atoms with Crippen molar-refractivity contribution in [3.05, 3.63) is 42.1 Å². The molecule has 0 spiro atoms. The topological polar surface area (TPSA) is 40.7 Å². The van der Waals surface area contributed by atoms with Crippen molar-refractivity contribution in [3.8, 4) is 11.3 Å². The molecule has 1 aromatic heterocycles. The first kappa shape index (κ1) is 12.8. The summed E-state index contributed by atoms with van der Waals surface area (Å²) in [6, 6.07) is 10.3. The summed E-state index contributed by atoms with van der Waals surface area (Å²) >= 11 is 0. The molecular formula is C15H21N3. The maximum absolute atomic E-state index is 4.15. The normalized spacial score (nSPS) is 10.7. The average Bonchev–Trinajstić information content (AvgIpc) is 2.88. The minimum atomic E-state index is 0.879. The highest BCUT2D eigenvalue weighted by molar-refractivity contribution is 5.62. The highest BCUT2D eigenvalue weighted by atomic mass is 15.1. The van der Waals surface area contributed by atoms with E-state index in [1.54, 1.807) is 0 Å². The lowest BCUT2D eigenvalue weighted by molar-refractivity contribution is 0.617. The van der Waals surface area contributed by atoms with Gasteiger partial charge in [-0.15, -0.1) is 0 Å². The van der Waals surface area contributed by atoms with E-state index < -0.39 is 0 Å². The lowest BCUT2D eigenvalue weighted by Crippen LogP contribution is -2.14. The molecule has 0 saturated carbocycles. The molecule has 0 amide bonds. The van der Waals surface area contributed by atoms with E-state index in [2.05, 4.69) is 46.7 Å². The molecule has 0 aliphatic carbocycles. The van der Waals surface area contributed by atoms with Crippen molar-refractivity contribution in [2.24, 2.45) is 0 Å². The Hall–Kier alpha value is -1.61. The van der Waals surface area contributed by atoms with Crippen LogP contribution in [0.5, 0.6) is 0 Å². The van der Waals surface area contributed by atoms with E-state index in [1.807, 2.05) is 12.3 Å². The quantitative estimate of drug-likeness (QED) is 0.732. The van der Waals surface area contributed by atoms with Gasteiger partial charge >= 0.3 is 0 Å². The SMILES string of the molecule is CCCCCNCc1cn[nH]c1-c1ccccc1. The first-order valence-corrected chi connectivity index (χ1v) is 6.70. The van der Waals surface area contributed by atoms with Gasteiger partial charge < -0.3 is 5.32 Å². The number of benzene rings is 1. The van der Waals surface area contributed by atoms with Crippen molar-refractivity contribution < 1.29 is 0 Å². The van der Waals surface area contributed by atoms with E-state index in [0.717, 1.165) is 18.8 Å². The molecule has 1 aromatic carbocycles. The predicted molar refractivity (Wildman–Crippen MR) is 75.3 cm³/mol. The van der Waals surface area contributed by atoms with Crippen LogP contribution < -0.4 is 5.32 Å². The monoisotopic (exact) mass is 243 g/mol. The minimum Gasteiger partial charge on any atom is -0.313 e. The zero-order valence-electron chi connectivity index (χ0n) is 10.9. The van der Waals surface area contributed by atoms with Crippen LogP contribution >= 0.6 is 0 Å². The Kier molecular flexibility index (Phi) is 4.97. The third kappa shape index (κ3) is 3.44. The summed E-state index contributed by atoms with van der Waals surface area (Å²) in [6.45, 7) is 4.18. The van der Waals surface area contributed by atoms with Crippen LogP contribution in [0, 0.1) is 0 Å². The fourth-order valence-electron chi connectivity index (χ4n) is 2.02. The summed E-state index contributed by atoms with van der Waals surface area (Å²) in [7, 11) is 0. The number of unbranched alkanes of at least 4 members (excludes halogenated alkanes) is 2. The van der Waals surface area contributed by atoms with Gasteiger partial charge in [0.05, 0.1) is 11.9 Å². The molecule has 2 N–H and O–H groups in total. The van der Waals surface area contributed by atoms with Crippen LogP contribution in [-0.4, -0.2) is 16.7 Å². The lowest BCUT2D eigenvalue weighted by Gasteiger charge is -2.05. The number of H-pyrrole nitrogens is 1. The zero-order chi connectivity index (χ0) is 12.6. The summed E-state index contributed by atoms with van der Waals surface area (Å²) in [5, 5.41) is 10.7. The summed E-state index contributed by atoms with van der Waals surface area (Å²) in [5.41, 5.74) is 3.55. The van der Waals surface area contributed by atoms with E-state index in [4.69, 9.17) is 0 Å². The Morgan fingerprint density at radius 1 is 1.17 bits per heavy atom. The zero-order valence-corrected chi connectivity index (χ0v) is 10.9. The largest absolute Gasteiger partial charge is 0.313 e. The highest BCUT2D eigenvalue weighted by Crippen LogP contribution is 2.20. The molecule has 0 aliphatic heterocycles. The van der Waals surface area contributed by atoms with Crippen molar-refractivity contribution in [1.29, 1.82) is 0 Å². The van der Waals surface area contributed by atoms with Crippen LogP contribution in [0.15, 0.2) is 36.5 Å². The van der Waals surface area contributed by atoms with Gasteiger partial charge in [-0.2, -0.15) is 5.10 Å². The first-order valence-electron chi connectivity index (χ1n) is 6.70. The molecule has 3 nitrogen and oxygen atoms in total. The van der Waals surface area contributed by atoms with Crippen LogP contribution in [0.4, 0.5) is 0 Å². The molecule has 0 atom stereocenters. The van der Waals surface area contributed by atoms with Gasteiger partial charge in [0.2, 0.25) is 0 Å². The number of nitrogens with zero attached hydrogens (tertiary/aromatic N) is 1. The molecule has 0 aliphatic rings. The van der Waals surface area contributed by atoms with Gasteiger partial charge in [-0.25, -0.2) is 0 Å². The van der Waals surface area contributed by atoms with Gasteiger partial charge in [0.15, 0.2) is 0 Å². The molecule has 2 aromatic rings. The molecule has 1 heterocycles. The summed E-state index contributed by atoms with van der Waals surface area (Å²) in [5.74, 6) is 0. The van der Waals surface area contributed by atoms with Gasteiger partial charge in [-0.3, -0.25) is 5.10 Å². The lowest BCUT2D eigenvalue weighted by atomic mass is 10.1. The van der Waals surface area contributed by atoms with Crippen LogP contribution in [-0.2, 0) is 6.54 Å². The van der Waals surface area contributed by atoms with Crippen molar-refractivity contribution in [2.75, 3.05) is 6.54 Å². The Morgan fingerprint density at radius 3 is 2.78 bits per heavy atom. The Balaban J connectivity index is 1.92. The van der Waals surface area contributed by atoms with E-state index in [9.17, 15) is 0 Å². The van der Waals surface area contributed by atoms with Gasteiger partial charge in [0, 0.05) is 12.1 Å². The number of rotatable bonds is 7. The molecule has 0 fully saturated rings. The van der Waals surface area contributed by atoms with Crippen molar-refractivity contribution >= 4 is 0 Å². The minimum absolute atomic E-state index is 0.879. The first-order chi connectivity index (χ1) is 8.92. The fraction of sp³-hybridized carbons (Fsp3) is 0.400. The summed E-state index contributed by atoms with van der Waals surface area (Å²) in [6.07, 6.45) is 5.72. The number of aromatic amines is 1. The second kappa shape index (κ2) is 6.97. The second-order valence-corrected chi connectivity index (χ2v) is 4.52. The highest BCUT2D eigenvalue weighted by Gasteiger charge is 2.06. The van der Waals surface area contributed by atoms with E-state index >= 15 is 0 Å². The van der Waals surface area contributed by atoms with Crippen molar-refractivity contribution in [1.82, 2.24) is 15.5 Å².